The van der Waals surface area contributed by atoms with Crippen molar-refractivity contribution in [2.24, 2.45) is 10.3 Å². The molecule has 0 spiro atoms. The van der Waals surface area contributed by atoms with E-state index in [2.05, 4.69) is 10.3 Å². The van der Waals surface area contributed by atoms with E-state index in [0.29, 0.717) is 0 Å². The van der Waals surface area contributed by atoms with Crippen LogP contribution in [0.4, 0.5) is 0 Å². The van der Waals surface area contributed by atoms with Gasteiger partial charge in [-0.3, -0.25) is 10.8 Å². The Morgan fingerprint density at radius 2 is 1.09 bits per heavy atom. The Labute approximate surface area is 153 Å². The van der Waals surface area contributed by atoms with Gasteiger partial charge < -0.3 is 9.68 Å². The van der Waals surface area contributed by atoms with Crippen LogP contribution >= 0.6 is 19.4 Å². The van der Waals surface area contributed by atoms with Gasteiger partial charge in [0.1, 0.15) is 0 Å². The Kier molecular flexibility index (Phi) is 14.7. The topological polar surface area (TPSA) is 90.9 Å². The van der Waals surface area contributed by atoms with Crippen molar-refractivity contribution in [2.45, 2.75) is 65.2 Å². The third-order valence-corrected chi connectivity index (χ3v) is 2.98. The molecule has 0 amide bonds. The first kappa shape index (κ1) is 22.5. The van der Waals surface area contributed by atoms with Crippen LogP contribution in [0.1, 0.15) is 65.2 Å². The SMILES string of the molecule is CC(=N)ON=C1CCCC1.CC(=N)ON=C1CCCC1.[Cl][Rh+][Cl]. The molecule has 2 aliphatic carbocycles. The Morgan fingerprint density at radius 1 is 0.826 bits per heavy atom. The summed E-state index contributed by atoms with van der Waals surface area (Å²) >= 11 is -0.226. The second kappa shape index (κ2) is 15.0. The predicted octanol–water partition coefficient (Wildman–Crippen LogP) is 5.24. The van der Waals surface area contributed by atoms with Crippen LogP contribution in [0.5, 0.6) is 0 Å². The first-order valence-corrected chi connectivity index (χ1v) is 11.6. The fourth-order valence-electron chi connectivity index (χ4n) is 2.01. The molecule has 9 heteroatoms. The summed E-state index contributed by atoms with van der Waals surface area (Å²) in [6, 6.07) is 0. The van der Waals surface area contributed by atoms with Crippen LogP contribution in [-0.4, -0.2) is 23.2 Å². The molecular weight excluding hydrogens is 430 g/mol. The predicted molar refractivity (Wildman–Crippen MR) is 92.5 cm³/mol. The second-order valence-electron chi connectivity index (χ2n) is 5.07. The number of nitrogens with one attached hydrogen (secondary N) is 2. The van der Waals surface area contributed by atoms with Crippen LogP contribution in [0, 0.1) is 10.8 Å². The standard InChI is InChI=1S/2C7H12N2O.2ClH.Rh/c2*1-6(8)10-9-7-4-2-3-5-7;;;/h2*8H,2-5H2,1H3;2*1H;/q;;;;+3/p-2. The summed E-state index contributed by atoms with van der Waals surface area (Å²) in [7, 11) is 9.67. The number of halogens is 2. The van der Waals surface area contributed by atoms with E-state index in [4.69, 9.17) is 39.9 Å². The molecule has 2 saturated carbocycles. The van der Waals surface area contributed by atoms with Gasteiger partial charge in [-0.25, -0.2) is 0 Å². The molecule has 0 aromatic rings. The maximum absolute atomic E-state index is 6.93. The van der Waals surface area contributed by atoms with E-state index in [1.165, 1.54) is 25.7 Å². The van der Waals surface area contributed by atoms with Crippen molar-refractivity contribution < 1.29 is 24.8 Å². The number of hydrogen-bond donors (Lipinski definition) is 2. The average molecular weight is 454 g/mol. The van der Waals surface area contributed by atoms with Crippen LogP contribution in [-0.2, 0) is 24.8 Å². The summed E-state index contributed by atoms with van der Waals surface area (Å²) in [4.78, 5) is 9.39. The molecule has 2 N–H and O–H groups in total. The summed E-state index contributed by atoms with van der Waals surface area (Å²) in [5, 5.41) is 21.5. The molecule has 134 valence electrons. The number of nitrogens with zero attached hydrogens (tertiary/aromatic N) is 2. The van der Waals surface area contributed by atoms with Crippen molar-refractivity contribution in [2.75, 3.05) is 0 Å². The first-order valence-electron chi connectivity index (χ1n) is 7.39. The van der Waals surface area contributed by atoms with Gasteiger partial charge >= 0.3 is 34.5 Å². The molecule has 23 heavy (non-hydrogen) atoms. The third kappa shape index (κ3) is 14.8. The quantitative estimate of drug-likeness (QED) is 0.259. The van der Waals surface area contributed by atoms with E-state index in [-0.39, 0.29) is 26.9 Å². The van der Waals surface area contributed by atoms with Gasteiger partial charge in [-0.15, -0.1) is 0 Å². The summed E-state index contributed by atoms with van der Waals surface area (Å²) in [5.41, 5.74) is 2.21. The van der Waals surface area contributed by atoms with Gasteiger partial charge in [-0.05, 0) is 51.4 Å². The zero-order valence-corrected chi connectivity index (χ0v) is 16.6. The summed E-state index contributed by atoms with van der Waals surface area (Å²) in [6.07, 6.45) is 9.08. The summed E-state index contributed by atoms with van der Waals surface area (Å²) in [6.45, 7) is 3.16. The van der Waals surface area contributed by atoms with Crippen LogP contribution in [0.15, 0.2) is 10.3 Å². The van der Waals surface area contributed by atoms with Crippen LogP contribution in [0.25, 0.3) is 0 Å². The van der Waals surface area contributed by atoms with Crippen molar-refractivity contribution in [1.82, 2.24) is 0 Å². The maximum atomic E-state index is 6.93. The van der Waals surface area contributed by atoms with Crippen molar-refractivity contribution in [1.29, 1.82) is 10.8 Å². The van der Waals surface area contributed by atoms with Gasteiger partial charge in [-0.1, -0.05) is 10.3 Å². The average Bonchev–Trinajstić information content (AvgIpc) is 3.18. The molecule has 0 radical (unpaired) electrons. The Bertz CT molecular complexity index is 377. The second-order valence-corrected chi connectivity index (χ2v) is 7.56. The summed E-state index contributed by atoms with van der Waals surface area (Å²) in [5.74, 6) is 0.332. The molecule has 2 rings (SSSR count). The van der Waals surface area contributed by atoms with E-state index in [1.54, 1.807) is 13.8 Å². The monoisotopic (exact) mass is 453 g/mol. The van der Waals surface area contributed by atoms with E-state index < -0.39 is 0 Å². The number of oxime groups is 2. The van der Waals surface area contributed by atoms with Gasteiger partial charge in [0.2, 0.25) is 11.8 Å². The zero-order chi connectivity index (χ0) is 17.5. The van der Waals surface area contributed by atoms with Crippen molar-refractivity contribution >= 4 is 42.6 Å². The Hall–Kier alpha value is -0.517. The normalized spacial score (nSPS) is 15.8. The Balaban J connectivity index is 0.000000360. The van der Waals surface area contributed by atoms with Gasteiger partial charge in [0, 0.05) is 13.8 Å². The van der Waals surface area contributed by atoms with Crippen molar-refractivity contribution in [3.63, 3.8) is 0 Å². The van der Waals surface area contributed by atoms with Crippen LogP contribution in [0.3, 0.4) is 0 Å². The molecular formula is C14H24Cl2N4O2Rh+. The fourth-order valence-corrected chi connectivity index (χ4v) is 2.01. The summed E-state index contributed by atoms with van der Waals surface area (Å²) < 4.78 is 0. The van der Waals surface area contributed by atoms with Gasteiger partial charge in [0.15, 0.2) is 0 Å². The van der Waals surface area contributed by atoms with Crippen LogP contribution < -0.4 is 0 Å². The van der Waals surface area contributed by atoms with E-state index in [9.17, 15) is 0 Å². The molecule has 0 aromatic carbocycles. The first-order chi connectivity index (χ1) is 11.0. The molecule has 0 bridgehead atoms. The zero-order valence-electron chi connectivity index (χ0n) is 13.5. The van der Waals surface area contributed by atoms with Crippen molar-refractivity contribution in [3.8, 4) is 0 Å². The molecule has 0 saturated heterocycles. The van der Waals surface area contributed by atoms with Gasteiger partial charge in [0.05, 0.1) is 11.4 Å². The molecule has 2 fully saturated rings. The van der Waals surface area contributed by atoms with Gasteiger partial charge in [-0.2, -0.15) is 0 Å². The van der Waals surface area contributed by atoms with E-state index >= 15 is 0 Å². The molecule has 0 aromatic heterocycles. The molecule has 0 aliphatic heterocycles. The number of rotatable bonds is 2. The van der Waals surface area contributed by atoms with Crippen LogP contribution in [0.2, 0.25) is 0 Å². The third-order valence-electron chi connectivity index (χ3n) is 2.98. The number of hydrogen-bond acceptors (Lipinski definition) is 6. The minimum absolute atomic E-state index is 0.166. The Morgan fingerprint density at radius 3 is 1.30 bits per heavy atom. The molecule has 0 heterocycles. The fraction of sp³-hybridized carbons (Fsp3) is 0.714. The van der Waals surface area contributed by atoms with Crippen molar-refractivity contribution in [3.05, 3.63) is 0 Å². The molecule has 0 atom stereocenters. The molecule has 6 nitrogen and oxygen atoms in total. The van der Waals surface area contributed by atoms with E-state index in [0.717, 1.165) is 37.1 Å². The van der Waals surface area contributed by atoms with E-state index in [1.807, 2.05) is 0 Å². The minimum atomic E-state index is -0.226. The molecule has 0 unspecified atom stereocenters. The molecule has 2 aliphatic rings. The van der Waals surface area contributed by atoms with Gasteiger partial charge in [0.25, 0.3) is 0 Å².